The summed E-state index contributed by atoms with van der Waals surface area (Å²) in [6, 6.07) is 0. The van der Waals surface area contributed by atoms with Gasteiger partial charge < -0.3 is 14.6 Å². The van der Waals surface area contributed by atoms with Crippen LogP contribution in [0.3, 0.4) is 0 Å². The van der Waals surface area contributed by atoms with E-state index in [0.717, 1.165) is 43.9 Å². The third kappa shape index (κ3) is 38.0. The second kappa shape index (κ2) is 38.1. The van der Waals surface area contributed by atoms with E-state index in [2.05, 4.69) is 27.7 Å². The maximum Gasteiger partial charge on any atom is 0.306 e. The topological polar surface area (TPSA) is 72.8 Å². The summed E-state index contributed by atoms with van der Waals surface area (Å²) in [4.78, 5) is 24.3. The van der Waals surface area contributed by atoms with Crippen molar-refractivity contribution in [3.63, 3.8) is 0 Å². The zero-order valence-corrected chi connectivity index (χ0v) is 33.6. The minimum atomic E-state index is -0.763. The molecule has 0 saturated heterocycles. The molecule has 1 unspecified atom stereocenters. The molecular weight excluding hydrogens is 608 g/mol. The third-order valence-electron chi connectivity index (χ3n) is 10.4. The molecule has 0 saturated carbocycles. The maximum absolute atomic E-state index is 12.2. The predicted octanol–water partition coefficient (Wildman–Crippen LogP) is 13.6. The van der Waals surface area contributed by atoms with Gasteiger partial charge in [0, 0.05) is 12.8 Å². The first kappa shape index (κ1) is 47.9. The van der Waals surface area contributed by atoms with Gasteiger partial charge in [0.25, 0.3) is 0 Å². The molecule has 2 atom stereocenters. The molecule has 0 bridgehead atoms. The van der Waals surface area contributed by atoms with Gasteiger partial charge in [0.05, 0.1) is 6.61 Å². The summed E-state index contributed by atoms with van der Waals surface area (Å²) in [5.74, 6) is 1.18. The summed E-state index contributed by atoms with van der Waals surface area (Å²) in [7, 11) is 0. The molecule has 5 heteroatoms. The Kier molecular flexibility index (Phi) is 37.3. The molecule has 49 heavy (non-hydrogen) atoms. The average Bonchev–Trinajstić information content (AvgIpc) is 3.09. The summed E-state index contributed by atoms with van der Waals surface area (Å²) < 4.78 is 10.6. The Morgan fingerprint density at radius 3 is 1.14 bits per heavy atom. The minimum absolute atomic E-state index is 0.0579. The van der Waals surface area contributed by atoms with E-state index in [0.29, 0.717) is 12.8 Å². The summed E-state index contributed by atoms with van der Waals surface area (Å²) in [6.45, 7) is 8.92. The lowest BCUT2D eigenvalue weighted by Gasteiger charge is -2.15. The minimum Gasteiger partial charge on any atom is -0.462 e. The van der Waals surface area contributed by atoms with E-state index in [1.807, 2.05) is 0 Å². The number of carbonyl (C=O) groups is 2. The molecule has 0 fully saturated rings. The third-order valence-corrected chi connectivity index (χ3v) is 10.4. The first-order valence-electron chi connectivity index (χ1n) is 21.8. The molecule has 0 heterocycles. The van der Waals surface area contributed by atoms with Gasteiger partial charge in [-0.15, -0.1) is 0 Å². The summed E-state index contributed by atoms with van der Waals surface area (Å²) in [6.07, 6.45) is 40.2. The standard InChI is InChI=1S/C44H86O5/c1-5-41(4)35-31-27-23-19-15-11-7-9-12-16-20-24-28-32-36-43(46)48-39-42(38-45)49-44(47)37-33-29-25-21-17-13-8-6-10-14-18-22-26-30-34-40(2)3/h40-42,45H,5-39H2,1-4H3/t41?,42-/m0/s1. The SMILES string of the molecule is CCC(C)CCCCCCCCCCCCCCCCC(=O)OC[C@H](CO)OC(=O)CCCCCCCCCCCCCCCCC(C)C. The number of aliphatic hydroxyl groups is 1. The number of carbonyl (C=O) groups excluding carboxylic acids is 2. The van der Waals surface area contributed by atoms with E-state index in [4.69, 9.17) is 9.47 Å². The van der Waals surface area contributed by atoms with Crippen LogP contribution in [0.1, 0.15) is 240 Å². The van der Waals surface area contributed by atoms with Crippen molar-refractivity contribution >= 4 is 11.9 Å². The fourth-order valence-corrected chi connectivity index (χ4v) is 6.66. The Bertz CT molecular complexity index is 693. The Morgan fingerprint density at radius 1 is 0.469 bits per heavy atom. The molecule has 0 aromatic rings. The number of esters is 2. The fourth-order valence-electron chi connectivity index (χ4n) is 6.66. The van der Waals surface area contributed by atoms with Gasteiger partial charge in [-0.25, -0.2) is 0 Å². The zero-order chi connectivity index (χ0) is 36.0. The molecule has 0 rings (SSSR count). The van der Waals surface area contributed by atoms with E-state index in [9.17, 15) is 14.7 Å². The van der Waals surface area contributed by atoms with E-state index in [1.165, 1.54) is 167 Å². The Morgan fingerprint density at radius 2 is 0.796 bits per heavy atom. The van der Waals surface area contributed by atoms with Crippen molar-refractivity contribution in [3.8, 4) is 0 Å². The fraction of sp³-hybridized carbons (Fsp3) is 0.955. The molecule has 0 aromatic carbocycles. The monoisotopic (exact) mass is 695 g/mol. The van der Waals surface area contributed by atoms with Crippen molar-refractivity contribution < 1.29 is 24.2 Å². The van der Waals surface area contributed by atoms with Crippen LogP contribution >= 0.6 is 0 Å². The van der Waals surface area contributed by atoms with Crippen LogP contribution in [0, 0.1) is 11.8 Å². The highest BCUT2D eigenvalue weighted by molar-refractivity contribution is 5.70. The highest BCUT2D eigenvalue weighted by Gasteiger charge is 2.16. The van der Waals surface area contributed by atoms with Crippen LogP contribution in [-0.2, 0) is 19.1 Å². The number of aliphatic hydroxyl groups excluding tert-OH is 1. The Labute approximate surface area is 306 Å². The normalized spacial score (nSPS) is 12.8. The van der Waals surface area contributed by atoms with Crippen molar-refractivity contribution in [2.24, 2.45) is 11.8 Å². The van der Waals surface area contributed by atoms with Crippen molar-refractivity contribution in [1.29, 1.82) is 0 Å². The van der Waals surface area contributed by atoms with Crippen molar-refractivity contribution in [3.05, 3.63) is 0 Å². The highest BCUT2D eigenvalue weighted by Crippen LogP contribution is 2.17. The number of hydrogen-bond acceptors (Lipinski definition) is 5. The van der Waals surface area contributed by atoms with Gasteiger partial charge in [-0.1, -0.05) is 214 Å². The smallest absolute Gasteiger partial charge is 0.306 e. The van der Waals surface area contributed by atoms with Gasteiger partial charge in [0.1, 0.15) is 6.61 Å². The van der Waals surface area contributed by atoms with Gasteiger partial charge in [0.2, 0.25) is 0 Å². The van der Waals surface area contributed by atoms with Crippen molar-refractivity contribution in [2.75, 3.05) is 13.2 Å². The quantitative estimate of drug-likeness (QED) is 0.0512. The van der Waals surface area contributed by atoms with E-state index < -0.39 is 6.10 Å². The van der Waals surface area contributed by atoms with Gasteiger partial charge in [-0.05, 0) is 24.7 Å². The Hall–Kier alpha value is -1.10. The second-order valence-corrected chi connectivity index (χ2v) is 15.9. The molecule has 292 valence electrons. The molecule has 0 aromatic heterocycles. The lowest BCUT2D eigenvalue weighted by Crippen LogP contribution is -2.28. The molecule has 0 spiro atoms. The van der Waals surface area contributed by atoms with E-state index in [-0.39, 0.29) is 25.2 Å². The predicted molar refractivity (Wildman–Crippen MR) is 210 cm³/mol. The van der Waals surface area contributed by atoms with E-state index >= 15 is 0 Å². The highest BCUT2D eigenvalue weighted by atomic mass is 16.6. The van der Waals surface area contributed by atoms with E-state index in [1.54, 1.807) is 0 Å². The van der Waals surface area contributed by atoms with Crippen molar-refractivity contribution in [2.45, 2.75) is 246 Å². The average molecular weight is 695 g/mol. The van der Waals surface area contributed by atoms with Gasteiger partial charge in [0.15, 0.2) is 6.10 Å². The number of hydrogen-bond donors (Lipinski definition) is 1. The van der Waals surface area contributed by atoms with Gasteiger partial charge >= 0.3 is 11.9 Å². The first-order chi connectivity index (χ1) is 23.9. The molecule has 5 nitrogen and oxygen atoms in total. The van der Waals surface area contributed by atoms with Gasteiger partial charge in [-0.2, -0.15) is 0 Å². The molecule has 0 aliphatic rings. The van der Waals surface area contributed by atoms with Crippen LogP contribution in [0.2, 0.25) is 0 Å². The number of unbranched alkanes of at least 4 members (excludes halogenated alkanes) is 26. The largest absolute Gasteiger partial charge is 0.462 e. The van der Waals surface area contributed by atoms with Crippen LogP contribution < -0.4 is 0 Å². The van der Waals surface area contributed by atoms with Crippen LogP contribution in [0.25, 0.3) is 0 Å². The maximum atomic E-state index is 12.2. The first-order valence-corrected chi connectivity index (χ1v) is 21.8. The molecule has 1 N–H and O–H groups in total. The molecule has 0 radical (unpaired) electrons. The number of rotatable bonds is 39. The molecule has 0 amide bonds. The van der Waals surface area contributed by atoms with Gasteiger partial charge in [-0.3, -0.25) is 9.59 Å². The number of ether oxygens (including phenoxy) is 2. The second-order valence-electron chi connectivity index (χ2n) is 15.9. The molecule has 0 aliphatic heterocycles. The summed E-state index contributed by atoms with van der Waals surface area (Å²) >= 11 is 0. The van der Waals surface area contributed by atoms with Crippen molar-refractivity contribution in [1.82, 2.24) is 0 Å². The summed E-state index contributed by atoms with van der Waals surface area (Å²) in [5, 5.41) is 9.58. The van der Waals surface area contributed by atoms with Crippen LogP contribution in [0.15, 0.2) is 0 Å². The summed E-state index contributed by atoms with van der Waals surface area (Å²) in [5.41, 5.74) is 0. The zero-order valence-electron chi connectivity index (χ0n) is 33.6. The van der Waals surface area contributed by atoms with Crippen LogP contribution in [-0.4, -0.2) is 36.4 Å². The van der Waals surface area contributed by atoms with Crippen LogP contribution in [0.5, 0.6) is 0 Å². The van der Waals surface area contributed by atoms with Crippen LogP contribution in [0.4, 0.5) is 0 Å². The molecular formula is C44H86O5. The lowest BCUT2D eigenvalue weighted by atomic mass is 9.99. The Balaban J connectivity index is 3.48. The lowest BCUT2D eigenvalue weighted by molar-refractivity contribution is -0.161. The molecule has 0 aliphatic carbocycles.